The molecule has 6 heteroatoms. The number of aromatic amines is 1. The summed E-state index contributed by atoms with van der Waals surface area (Å²) in [4.78, 5) is 3.97. The Balaban J connectivity index is 1.49. The molecule has 2 heterocycles. The average molecular weight is 356 g/mol. The van der Waals surface area contributed by atoms with Crippen LogP contribution in [0.5, 0.6) is 5.75 Å². The Morgan fingerprint density at radius 3 is 3.04 bits per heavy atom. The molecule has 27 heavy (non-hydrogen) atoms. The molecule has 2 aromatic carbocycles. The van der Waals surface area contributed by atoms with E-state index in [1.807, 2.05) is 36.4 Å². The lowest BCUT2D eigenvalue weighted by Crippen LogP contribution is -2.15. The summed E-state index contributed by atoms with van der Waals surface area (Å²) in [6.07, 6.45) is 6.01. The molecule has 0 saturated carbocycles. The first-order valence-corrected chi connectivity index (χ1v) is 8.88. The molecule has 1 N–H and O–H groups in total. The zero-order valence-corrected chi connectivity index (χ0v) is 14.5. The molecule has 6 nitrogen and oxygen atoms in total. The summed E-state index contributed by atoms with van der Waals surface area (Å²) in [5.41, 5.74) is 4.71. The zero-order valence-electron chi connectivity index (χ0n) is 14.5. The van der Waals surface area contributed by atoms with Crippen molar-refractivity contribution in [3.05, 3.63) is 65.7 Å². The monoisotopic (exact) mass is 356 g/mol. The van der Waals surface area contributed by atoms with Crippen molar-refractivity contribution in [2.45, 2.75) is 25.4 Å². The van der Waals surface area contributed by atoms with E-state index >= 15 is 0 Å². The average Bonchev–Trinajstić information content (AvgIpc) is 3.37. The van der Waals surface area contributed by atoms with Crippen LogP contribution >= 0.6 is 0 Å². The number of hydrogen-bond acceptors (Lipinski definition) is 5. The van der Waals surface area contributed by atoms with Crippen LogP contribution < -0.4 is 4.74 Å². The summed E-state index contributed by atoms with van der Waals surface area (Å²) in [6, 6.07) is 14.0. The van der Waals surface area contributed by atoms with E-state index in [1.54, 1.807) is 6.20 Å². The van der Waals surface area contributed by atoms with E-state index in [9.17, 15) is 0 Å². The summed E-state index contributed by atoms with van der Waals surface area (Å²) < 4.78 is 11.7. The van der Waals surface area contributed by atoms with Gasteiger partial charge < -0.3 is 9.15 Å². The number of nitrogens with one attached hydrogen (secondary N) is 1. The second-order valence-corrected chi connectivity index (χ2v) is 6.67. The van der Waals surface area contributed by atoms with E-state index in [0.29, 0.717) is 11.3 Å². The minimum atomic E-state index is -0.0143. The summed E-state index contributed by atoms with van der Waals surface area (Å²) in [5.74, 6) is 1.40. The molecule has 0 amide bonds. The maximum atomic E-state index is 9.12. The van der Waals surface area contributed by atoms with Gasteiger partial charge in [0, 0.05) is 5.39 Å². The van der Waals surface area contributed by atoms with Gasteiger partial charge in [-0.3, -0.25) is 5.10 Å². The van der Waals surface area contributed by atoms with Gasteiger partial charge in [0.2, 0.25) is 0 Å². The van der Waals surface area contributed by atoms with Crippen molar-refractivity contribution in [3.8, 4) is 23.3 Å². The zero-order chi connectivity index (χ0) is 18.2. The fraction of sp³-hybridized carbons (Fsp3) is 0.190. The van der Waals surface area contributed by atoms with Crippen LogP contribution in [0.3, 0.4) is 0 Å². The van der Waals surface area contributed by atoms with Crippen molar-refractivity contribution < 1.29 is 9.15 Å². The first kappa shape index (κ1) is 15.6. The predicted octanol–water partition coefficient (Wildman–Crippen LogP) is 4.55. The molecule has 0 radical (unpaired) electrons. The molecule has 0 saturated heterocycles. The van der Waals surface area contributed by atoms with Crippen LogP contribution in [0, 0.1) is 11.3 Å². The summed E-state index contributed by atoms with van der Waals surface area (Å²) in [7, 11) is 0. The number of hydrogen-bond donors (Lipinski definition) is 1. The third kappa shape index (κ3) is 2.74. The minimum absolute atomic E-state index is 0.0143. The molecule has 1 aliphatic rings. The van der Waals surface area contributed by atoms with Crippen LogP contribution in [0.2, 0.25) is 0 Å². The van der Waals surface area contributed by atoms with Crippen molar-refractivity contribution in [1.82, 2.24) is 15.2 Å². The van der Waals surface area contributed by atoms with E-state index in [4.69, 9.17) is 14.4 Å². The smallest absolute Gasteiger partial charge is 0.181 e. The SMILES string of the molecule is N#Cc1ccc2c(c1)CCC[C@@H]2Oc1ccc2[nH]nc(-c3cnco3)c2c1. The first-order chi connectivity index (χ1) is 13.3. The van der Waals surface area contributed by atoms with Crippen molar-refractivity contribution in [2.24, 2.45) is 0 Å². The lowest BCUT2D eigenvalue weighted by Gasteiger charge is -2.26. The highest BCUT2D eigenvalue weighted by Gasteiger charge is 2.22. The quantitative estimate of drug-likeness (QED) is 0.582. The van der Waals surface area contributed by atoms with Gasteiger partial charge in [-0.1, -0.05) is 6.07 Å². The maximum Gasteiger partial charge on any atom is 0.181 e. The van der Waals surface area contributed by atoms with Gasteiger partial charge in [-0.05, 0) is 60.7 Å². The van der Waals surface area contributed by atoms with E-state index in [0.717, 1.165) is 41.6 Å². The third-order valence-electron chi connectivity index (χ3n) is 5.01. The minimum Gasteiger partial charge on any atom is -0.486 e. The van der Waals surface area contributed by atoms with Crippen LogP contribution in [0.25, 0.3) is 22.4 Å². The second kappa shape index (κ2) is 6.29. The van der Waals surface area contributed by atoms with Gasteiger partial charge in [-0.15, -0.1) is 0 Å². The molecule has 0 spiro atoms. The number of benzene rings is 2. The Kier molecular flexibility index (Phi) is 3.65. The Labute approximate surface area is 155 Å². The predicted molar refractivity (Wildman–Crippen MR) is 99.1 cm³/mol. The summed E-state index contributed by atoms with van der Waals surface area (Å²) in [5, 5.41) is 17.4. The van der Waals surface area contributed by atoms with Crippen molar-refractivity contribution >= 4 is 10.9 Å². The van der Waals surface area contributed by atoms with Gasteiger partial charge in [-0.2, -0.15) is 10.4 Å². The Morgan fingerprint density at radius 1 is 1.22 bits per heavy atom. The number of aryl methyl sites for hydroxylation is 1. The van der Waals surface area contributed by atoms with E-state index in [2.05, 4.69) is 21.3 Å². The van der Waals surface area contributed by atoms with Crippen LogP contribution in [-0.2, 0) is 6.42 Å². The maximum absolute atomic E-state index is 9.12. The molecule has 0 unspecified atom stereocenters. The molecule has 4 aromatic rings. The Hall–Kier alpha value is -3.59. The van der Waals surface area contributed by atoms with Gasteiger partial charge in [-0.25, -0.2) is 4.98 Å². The number of rotatable bonds is 3. The third-order valence-corrected chi connectivity index (χ3v) is 5.01. The number of nitriles is 1. The van der Waals surface area contributed by atoms with Gasteiger partial charge >= 0.3 is 0 Å². The number of fused-ring (bicyclic) bond motifs is 2. The number of H-pyrrole nitrogens is 1. The van der Waals surface area contributed by atoms with Crippen LogP contribution in [0.1, 0.15) is 35.6 Å². The van der Waals surface area contributed by atoms with Crippen molar-refractivity contribution in [1.29, 1.82) is 5.26 Å². The van der Waals surface area contributed by atoms with Gasteiger partial charge in [0.1, 0.15) is 17.5 Å². The molecular formula is C21H16N4O2. The highest BCUT2D eigenvalue weighted by molar-refractivity contribution is 5.92. The molecule has 0 aliphatic heterocycles. The highest BCUT2D eigenvalue weighted by Crippen LogP contribution is 2.36. The molecule has 2 aromatic heterocycles. The Bertz CT molecular complexity index is 1150. The molecule has 1 aliphatic carbocycles. The van der Waals surface area contributed by atoms with Crippen LogP contribution in [0.4, 0.5) is 0 Å². The fourth-order valence-corrected chi connectivity index (χ4v) is 3.71. The Morgan fingerprint density at radius 2 is 2.19 bits per heavy atom. The van der Waals surface area contributed by atoms with Gasteiger partial charge in [0.25, 0.3) is 0 Å². The number of aromatic nitrogens is 3. The second-order valence-electron chi connectivity index (χ2n) is 6.67. The normalized spacial score (nSPS) is 16.0. The van der Waals surface area contributed by atoms with E-state index in [-0.39, 0.29) is 6.10 Å². The van der Waals surface area contributed by atoms with Crippen LogP contribution in [0.15, 0.2) is 53.4 Å². The number of nitrogens with zero attached hydrogens (tertiary/aromatic N) is 3. The molecule has 0 fully saturated rings. The van der Waals surface area contributed by atoms with Gasteiger partial charge in [0.15, 0.2) is 12.2 Å². The summed E-state index contributed by atoms with van der Waals surface area (Å²) in [6.45, 7) is 0. The molecule has 1 atom stereocenters. The van der Waals surface area contributed by atoms with E-state index < -0.39 is 0 Å². The van der Waals surface area contributed by atoms with Crippen molar-refractivity contribution in [2.75, 3.05) is 0 Å². The fourth-order valence-electron chi connectivity index (χ4n) is 3.71. The lowest BCUT2D eigenvalue weighted by molar-refractivity contribution is 0.183. The van der Waals surface area contributed by atoms with Crippen molar-refractivity contribution in [3.63, 3.8) is 0 Å². The molecule has 5 rings (SSSR count). The van der Waals surface area contributed by atoms with E-state index in [1.165, 1.54) is 17.5 Å². The highest BCUT2D eigenvalue weighted by atomic mass is 16.5. The standard InChI is InChI=1S/C21H16N4O2/c22-10-13-4-6-16-14(8-13)2-1-3-19(16)27-15-5-7-18-17(9-15)21(25-24-18)20-11-23-12-26-20/h4-9,11-12,19H,1-3H2,(H,24,25)/t19-/m0/s1. The first-order valence-electron chi connectivity index (χ1n) is 8.88. The molecular weight excluding hydrogens is 340 g/mol. The largest absolute Gasteiger partial charge is 0.486 e. The number of ether oxygens (including phenoxy) is 1. The van der Waals surface area contributed by atoms with Gasteiger partial charge in [0.05, 0.1) is 23.3 Å². The summed E-state index contributed by atoms with van der Waals surface area (Å²) >= 11 is 0. The molecule has 132 valence electrons. The number of oxazole rings is 1. The lowest BCUT2D eigenvalue weighted by atomic mass is 9.88. The van der Waals surface area contributed by atoms with Crippen LogP contribution in [-0.4, -0.2) is 15.2 Å². The molecule has 0 bridgehead atoms. The topological polar surface area (TPSA) is 87.7 Å².